The van der Waals surface area contributed by atoms with Crippen molar-refractivity contribution in [2.75, 3.05) is 0 Å². The number of nitrogens with one attached hydrogen (secondary N) is 1. The molecular formula is C8H8N2O3. The highest BCUT2D eigenvalue weighted by atomic mass is 16.4. The quantitative estimate of drug-likeness (QED) is 0.516. The van der Waals surface area contributed by atoms with Crippen molar-refractivity contribution in [2.45, 2.75) is 5.92 Å². The zero-order chi connectivity index (χ0) is 9.84. The van der Waals surface area contributed by atoms with Gasteiger partial charge in [-0.3, -0.25) is 9.59 Å². The summed E-state index contributed by atoms with van der Waals surface area (Å²) in [7, 11) is 0. The fourth-order valence-electron chi connectivity index (χ4n) is 0.927. The first-order chi connectivity index (χ1) is 6.16. The molecule has 0 aliphatic heterocycles. The van der Waals surface area contributed by atoms with E-state index in [1.165, 1.54) is 12.4 Å². The predicted octanol–water partition coefficient (Wildman–Crippen LogP) is 0.333. The van der Waals surface area contributed by atoms with Gasteiger partial charge >= 0.3 is 5.97 Å². The van der Waals surface area contributed by atoms with Crippen LogP contribution < -0.4 is 0 Å². The van der Waals surface area contributed by atoms with Gasteiger partial charge < -0.3 is 10.1 Å². The topological polar surface area (TPSA) is 83.1 Å². The normalized spacial score (nSPS) is 12.0. The van der Waals surface area contributed by atoms with Crippen molar-refractivity contribution in [3.05, 3.63) is 30.9 Å². The molecule has 0 aliphatic rings. The Morgan fingerprint density at radius 2 is 2.38 bits per heavy atom. The Kier molecular flexibility index (Phi) is 2.59. The van der Waals surface area contributed by atoms with E-state index < -0.39 is 17.7 Å². The molecular weight excluding hydrogens is 172 g/mol. The summed E-state index contributed by atoms with van der Waals surface area (Å²) in [4.78, 5) is 28.0. The zero-order valence-corrected chi connectivity index (χ0v) is 6.73. The molecule has 0 saturated carbocycles. The number of hydrogen-bond donors (Lipinski definition) is 2. The van der Waals surface area contributed by atoms with Gasteiger partial charge in [0.1, 0.15) is 5.82 Å². The van der Waals surface area contributed by atoms with E-state index in [0.29, 0.717) is 0 Å². The summed E-state index contributed by atoms with van der Waals surface area (Å²) in [6.07, 6.45) is 3.82. The molecule has 1 aromatic rings. The number of allylic oxidation sites excluding steroid dienone is 1. The van der Waals surface area contributed by atoms with Crippen LogP contribution in [0, 0.1) is 0 Å². The summed E-state index contributed by atoms with van der Waals surface area (Å²) < 4.78 is 0. The van der Waals surface area contributed by atoms with Gasteiger partial charge in [0.25, 0.3) is 0 Å². The number of carbonyl (C=O) groups excluding carboxylic acids is 1. The molecule has 0 radical (unpaired) electrons. The predicted molar refractivity (Wildman–Crippen MR) is 44.2 cm³/mol. The van der Waals surface area contributed by atoms with Gasteiger partial charge in [-0.2, -0.15) is 0 Å². The van der Waals surface area contributed by atoms with Crippen molar-refractivity contribution < 1.29 is 14.7 Å². The van der Waals surface area contributed by atoms with E-state index in [1.54, 1.807) is 0 Å². The van der Waals surface area contributed by atoms with Gasteiger partial charge in [-0.15, -0.1) is 0 Å². The van der Waals surface area contributed by atoms with Crippen molar-refractivity contribution in [3.8, 4) is 0 Å². The highest BCUT2D eigenvalue weighted by molar-refractivity contribution is 6.08. The fourth-order valence-corrected chi connectivity index (χ4v) is 0.927. The van der Waals surface area contributed by atoms with Gasteiger partial charge in [0.15, 0.2) is 11.7 Å². The number of carboxylic acid groups (broad SMARTS) is 1. The van der Waals surface area contributed by atoms with Crippen LogP contribution in [0.5, 0.6) is 0 Å². The number of nitrogens with zero attached hydrogens (tertiary/aromatic N) is 1. The van der Waals surface area contributed by atoms with E-state index in [0.717, 1.165) is 6.08 Å². The minimum atomic E-state index is -1.27. The van der Waals surface area contributed by atoms with Gasteiger partial charge in [-0.25, -0.2) is 4.98 Å². The number of imidazole rings is 1. The molecule has 0 saturated heterocycles. The number of aliphatic carboxylic acids is 1. The third-order valence-electron chi connectivity index (χ3n) is 1.53. The monoisotopic (exact) mass is 180 g/mol. The molecule has 0 aliphatic carbocycles. The Bertz CT molecular complexity index is 329. The molecule has 1 heterocycles. The maximum absolute atomic E-state index is 11.1. The van der Waals surface area contributed by atoms with Crippen LogP contribution in [0.2, 0.25) is 0 Å². The highest BCUT2D eigenvalue weighted by Crippen LogP contribution is 2.12. The molecule has 68 valence electrons. The molecule has 1 unspecified atom stereocenters. The fraction of sp³-hybridized carbons (Fsp3) is 0.125. The van der Waals surface area contributed by atoms with E-state index in [-0.39, 0.29) is 5.82 Å². The Morgan fingerprint density at radius 3 is 2.77 bits per heavy atom. The lowest BCUT2D eigenvalue weighted by Crippen LogP contribution is -2.21. The second-order valence-electron chi connectivity index (χ2n) is 2.35. The van der Waals surface area contributed by atoms with Crippen molar-refractivity contribution in [3.63, 3.8) is 0 Å². The second kappa shape index (κ2) is 3.66. The van der Waals surface area contributed by atoms with Gasteiger partial charge in [-0.1, -0.05) is 6.58 Å². The number of rotatable bonds is 4. The van der Waals surface area contributed by atoms with Crippen LogP contribution in [0.4, 0.5) is 0 Å². The molecule has 0 bridgehead atoms. The molecule has 0 amide bonds. The van der Waals surface area contributed by atoms with Crippen LogP contribution in [0.15, 0.2) is 25.0 Å². The summed E-state index contributed by atoms with van der Waals surface area (Å²) >= 11 is 0. The average molecular weight is 180 g/mol. The van der Waals surface area contributed by atoms with Crippen LogP contribution in [0.3, 0.4) is 0 Å². The number of aromatic amines is 1. The lowest BCUT2D eigenvalue weighted by Gasteiger charge is -2.04. The molecule has 13 heavy (non-hydrogen) atoms. The number of carbonyl (C=O) groups is 2. The van der Waals surface area contributed by atoms with E-state index in [1.807, 2.05) is 0 Å². The molecule has 0 aromatic carbocycles. The van der Waals surface area contributed by atoms with Crippen molar-refractivity contribution in [1.29, 1.82) is 0 Å². The lowest BCUT2D eigenvalue weighted by molar-refractivity contribution is -0.141. The number of ketones is 1. The maximum Gasteiger partial charge on any atom is 0.322 e. The second-order valence-corrected chi connectivity index (χ2v) is 2.35. The molecule has 0 fully saturated rings. The lowest BCUT2D eigenvalue weighted by atomic mass is 10.0. The Balaban J connectivity index is 3.00. The van der Waals surface area contributed by atoms with Gasteiger partial charge in [0.05, 0.1) is 0 Å². The summed E-state index contributed by atoms with van der Waals surface area (Å²) in [6, 6.07) is 0. The van der Waals surface area contributed by atoms with E-state index in [2.05, 4.69) is 16.5 Å². The Morgan fingerprint density at radius 1 is 1.69 bits per heavy atom. The van der Waals surface area contributed by atoms with Crippen molar-refractivity contribution in [2.24, 2.45) is 0 Å². The summed E-state index contributed by atoms with van der Waals surface area (Å²) in [5.41, 5.74) is 0. The van der Waals surface area contributed by atoms with Crippen LogP contribution in [-0.2, 0) is 9.59 Å². The SMILES string of the molecule is C=CC(=O)C(C(=O)O)c1ncc[nH]1. The molecule has 0 spiro atoms. The number of carboxylic acids is 1. The van der Waals surface area contributed by atoms with Crippen LogP contribution in [0.1, 0.15) is 11.7 Å². The minimum Gasteiger partial charge on any atom is -0.480 e. The zero-order valence-electron chi connectivity index (χ0n) is 6.73. The van der Waals surface area contributed by atoms with Crippen LogP contribution >= 0.6 is 0 Å². The first-order valence-corrected chi connectivity index (χ1v) is 3.55. The van der Waals surface area contributed by atoms with Crippen LogP contribution in [0.25, 0.3) is 0 Å². The summed E-state index contributed by atoms with van der Waals surface area (Å²) in [5.74, 6) is -2.97. The van der Waals surface area contributed by atoms with E-state index >= 15 is 0 Å². The first kappa shape index (κ1) is 9.18. The molecule has 5 nitrogen and oxygen atoms in total. The number of hydrogen-bond acceptors (Lipinski definition) is 3. The molecule has 1 aromatic heterocycles. The van der Waals surface area contributed by atoms with Gasteiger partial charge in [0.2, 0.25) is 0 Å². The van der Waals surface area contributed by atoms with E-state index in [4.69, 9.17) is 5.11 Å². The Hall–Kier alpha value is -1.91. The third-order valence-corrected chi connectivity index (χ3v) is 1.53. The summed E-state index contributed by atoms with van der Waals surface area (Å²) in [6.45, 7) is 3.22. The largest absolute Gasteiger partial charge is 0.480 e. The van der Waals surface area contributed by atoms with Crippen molar-refractivity contribution >= 4 is 11.8 Å². The summed E-state index contributed by atoms with van der Waals surface area (Å²) in [5, 5.41) is 8.72. The van der Waals surface area contributed by atoms with Crippen molar-refractivity contribution in [1.82, 2.24) is 9.97 Å². The number of aromatic nitrogens is 2. The third kappa shape index (κ3) is 1.81. The maximum atomic E-state index is 11.1. The Labute approximate surface area is 74.1 Å². The van der Waals surface area contributed by atoms with Gasteiger partial charge in [0, 0.05) is 12.4 Å². The smallest absolute Gasteiger partial charge is 0.322 e. The molecule has 1 rings (SSSR count). The highest BCUT2D eigenvalue weighted by Gasteiger charge is 2.27. The van der Waals surface area contributed by atoms with Gasteiger partial charge in [-0.05, 0) is 6.08 Å². The molecule has 2 N–H and O–H groups in total. The molecule has 1 atom stereocenters. The first-order valence-electron chi connectivity index (χ1n) is 3.55. The number of H-pyrrole nitrogens is 1. The standard InChI is InChI=1S/C8H8N2O3/c1-2-5(11)6(8(12)13)7-9-3-4-10-7/h2-4,6H,1H2,(H,9,10)(H,12,13). The average Bonchev–Trinajstić information content (AvgIpc) is 2.56. The van der Waals surface area contributed by atoms with E-state index in [9.17, 15) is 9.59 Å². The minimum absolute atomic E-state index is 0.123. The molecule has 5 heteroatoms. The van der Waals surface area contributed by atoms with Crippen LogP contribution in [-0.4, -0.2) is 26.8 Å².